The molecule has 0 bridgehead atoms. The van der Waals surface area contributed by atoms with Gasteiger partial charge in [0.1, 0.15) is 5.82 Å². The number of carbonyl (C=O) groups excluding carboxylic acids is 1. The molecule has 0 spiro atoms. The van der Waals surface area contributed by atoms with Gasteiger partial charge in [-0.15, -0.1) is 11.3 Å². The summed E-state index contributed by atoms with van der Waals surface area (Å²) in [7, 11) is 1.81. The summed E-state index contributed by atoms with van der Waals surface area (Å²) in [5, 5.41) is 2.64. The van der Waals surface area contributed by atoms with Gasteiger partial charge in [0.25, 0.3) is 5.91 Å². The van der Waals surface area contributed by atoms with Crippen LogP contribution in [0.3, 0.4) is 0 Å². The van der Waals surface area contributed by atoms with Crippen molar-refractivity contribution in [2.75, 3.05) is 7.05 Å². The van der Waals surface area contributed by atoms with E-state index in [1.807, 2.05) is 43.6 Å². The lowest BCUT2D eigenvalue weighted by atomic mass is 10.2. The number of thiophene rings is 1. The van der Waals surface area contributed by atoms with Crippen LogP contribution in [0.5, 0.6) is 0 Å². The molecular weight excluding hydrogens is 330 g/mol. The number of rotatable bonds is 4. The molecule has 23 heavy (non-hydrogen) atoms. The highest BCUT2D eigenvalue weighted by atomic mass is 35.5. The van der Waals surface area contributed by atoms with Crippen LogP contribution in [0.2, 0.25) is 5.02 Å². The maximum absolute atomic E-state index is 12.6. The molecule has 1 amide bonds. The van der Waals surface area contributed by atoms with E-state index in [1.165, 1.54) is 11.3 Å². The van der Waals surface area contributed by atoms with E-state index in [2.05, 4.69) is 16.5 Å². The molecule has 0 fully saturated rings. The summed E-state index contributed by atoms with van der Waals surface area (Å²) in [6.45, 7) is 5.28. The van der Waals surface area contributed by atoms with Crippen molar-refractivity contribution in [3.05, 3.63) is 50.9 Å². The number of carbonyl (C=O) groups is 1. The fourth-order valence-corrected chi connectivity index (χ4v) is 3.75. The second kappa shape index (κ2) is 6.34. The topological polar surface area (TPSA) is 38.1 Å². The first-order valence-electron chi connectivity index (χ1n) is 7.45. The average molecular weight is 348 g/mol. The van der Waals surface area contributed by atoms with Crippen LogP contribution in [-0.4, -0.2) is 27.4 Å². The lowest BCUT2D eigenvalue weighted by Crippen LogP contribution is -2.27. The summed E-state index contributed by atoms with van der Waals surface area (Å²) >= 11 is 7.57. The molecule has 2 heterocycles. The molecule has 0 atom stereocenters. The number of halogens is 1. The zero-order valence-corrected chi connectivity index (χ0v) is 14.9. The fraction of sp³-hybridized carbons (Fsp3) is 0.294. The first-order valence-corrected chi connectivity index (χ1v) is 8.71. The predicted octanol–water partition coefficient (Wildman–Crippen LogP) is 4.35. The monoisotopic (exact) mass is 347 g/mol. The Bertz CT molecular complexity index is 868. The molecular formula is C17H18ClN3OS. The predicted molar refractivity (Wildman–Crippen MR) is 95.3 cm³/mol. The number of fused-ring (bicyclic) bond motifs is 1. The van der Waals surface area contributed by atoms with Crippen molar-refractivity contribution < 1.29 is 4.79 Å². The lowest BCUT2D eigenvalue weighted by molar-refractivity contribution is 0.0784. The van der Waals surface area contributed by atoms with Crippen LogP contribution in [0.4, 0.5) is 0 Å². The number of amides is 1. The highest BCUT2D eigenvalue weighted by molar-refractivity contribution is 7.12. The number of hydrogen-bond acceptors (Lipinski definition) is 3. The van der Waals surface area contributed by atoms with Gasteiger partial charge < -0.3 is 9.47 Å². The van der Waals surface area contributed by atoms with Crippen molar-refractivity contribution >= 4 is 39.9 Å². The van der Waals surface area contributed by atoms with E-state index in [9.17, 15) is 4.79 Å². The minimum atomic E-state index is 0.0326. The van der Waals surface area contributed by atoms with E-state index >= 15 is 0 Å². The standard InChI is InChI=1S/C17H18ClN3OS/c1-4-21-14-9-12(18)5-6-13(14)19-15(21)10-20(3)17(22)16-11(2)7-8-23-16/h5-9H,4,10H2,1-3H3. The van der Waals surface area contributed by atoms with E-state index in [1.54, 1.807) is 4.90 Å². The number of aromatic nitrogens is 2. The SMILES string of the molecule is CCn1c(CN(C)C(=O)c2sccc2C)nc2ccc(Cl)cc21. The maximum Gasteiger partial charge on any atom is 0.264 e. The summed E-state index contributed by atoms with van der Waals surface area (Å²) in [5.41, 5.74) is 2.92. The molecule has 3 aromatic rings. The average Bonchev–Trinajstić information content (AvgIpc) is 3.09. The van der Waals surface area contributed by atoms with Crippen molar-refractivity contribution in [2.24, 2.45) is 0 Å². The Kier molecular flexibility index (Phi) is 4.41. The van der Waals surface area contributed by atoms with Gasteiger partial charge in [0.2, 0.25) is 0 Å². The quantitative estimate of drug-likeness (QED) is 0.703. The van der Waals surface area contributed by atoms with Crippen molar-refractivity contribution in [2.45, 2.75) is 26.9 Å². The first kappa shape index (κ1) is 16.0. The summed E-state index contributed by atoms with van der Waals surface area (Å²) in [6.07, 6.45) is 0. The highest BCUT2D eigenvalue weighted by Crippen LogP contribution is 2.23. The molecule has 0 N–H and O–H groups in total. The Hall–Kier alpha value is -1.85. The summed E-state index contributed by atoms with van der Waals surface area (Å²) in [4.78, 5) is 19.7. The van der Waals surface area contributed by atoms with Crippen molar-refractivity contribution in [3.63, 3.8) is 0 Å². The van der Waals surface area contributed by atoms with Crippen molar-refractivity contribution in [1.29, 1.82) is 0 Å². The van der Waals surface area contributed by atoms with Gasteiger partial charge in [-0.2, -0.15) is 0 Å². The molecule has 0 aliphatic heterocycles. The number of benzene rings is 1. The van der Waals surface area contributed by atoms with Gasteiger partial charge in [0.05, 0.1) is 22.5 Å². The Labute approximate surface area is 144 Å². The van der Waals surface area contributed by atoms with Crippen LogP contribution in [0.15, 0.2) is 29.6 Å². The largest absolute Gasteiger partial charge is 0.334 e. The fourth-order valence-electron chi connectivity index (χ4n) is 2.67. The number of imidazole rings is 1. The van der Waals surface area contributed by atoms with Gasteiger partial charge in [0, 0.05) is 18.6 Å². The molecule has 0 radical (unpaired) electrons. The second-order valence-corrected chi connectivity index (χ2v) is 6.85. The molecule has 3 rings (SSSR count). The molecule has 4 nitrogen and oxygen atoms in total. The summed E-state index contributed by atoms with van der Waals surface area (Å²) < 4.78 is 2.10. The zero-order chi connectivity index (χ0) is 16.6. The van der Waals surface area contributed by atoms with E-state index < -0.39 is 0 Å². The van der Waals surface area contributed by atoms with E-state index in [0.29, 0.717) is 11.6 Å². The van der Waals surface area contributed by atoms with Crippen LogP contribution in [-0.2, 0) is 13.1 Å². The third kappa shape index (κ3) is 2.99. The van der Waals surface area contributed by atoms with Crippen molar-refractivity contribution in [1.82, 2.24) is 14.5 Å². The second-order valence-electron chi connectivity index (χ2n) is 5.50. The van der Waals surface area contributed by atoms with Crippen molar-refractivity contribution in [3.8, 4) is 0 Å². The third-order valence-corrected chi connectivity index (χ3v) is 5.13. The summed E-state index contributed by atoms with van der Waals surface area (Å²) in [6, 6.07) is 7.64. The van der Waals surface area contributed by atoms with E-state index in [-0.39, 0.29) is 5.91 Å². The molecule has 120 valence electrons. The van der Waals surface area contributed by atoms with Gasteiger partial charge >= 0.3 is 0 Å². The lowest BCUT2D eigenvalue weighted by Gasteiger charge is -2.17. The number of aryl methyl sites for hydroxylation is 2. The Morgan fingerprint density at radius 3 is 2.83 bits per heavy atom. The molecule has 6 heteroatoms. The molecule has 0 saturated carbocycles. The van der Waals surface area contributed by atoms with Crippen LogP contribution in [0.1, 0.15) is 28.0 Å². The van der Waals surface area contributed by atoms with Gasteiger partial charge in [-0.05, 0) is 49.1 Å². The smallest absolute Gasteiger partial charge is 0.264 e. The Balaban J connectivity index is 1.92. The minimum Gasteiger partial charge on any atom is -0.334 e. The summed E-state index contributed by atoms with van der Waals surface area (Å²) in [5.74, 6) is 0.903. The highest BCUT2D eigenvalue weighted by Gasteiger charge is 2.18. The molecule has 1 aromatic carbocycles. The molecule has 0 unspecified atom stereocenters. The third-order valence-electron chi connectivity index (χ3n) is 3.89. The van der Waals surface area contributed by atoms with Gasteiger partial charge in [-0.3, -0.25) is 4.79 Å². The minimum absolute atomic E-state index is 0.0326. The molecule has 0 aliphatic rings. The van der Waals surface area contributed by atoms with Gasteiger partial charge in [0.15, 0.2) is 0 Å². The zero-order valence-electron chi connectivity index (χ0n) is 13.3. The van der Waals surface area contributed by atoms with Crippen LogP contribution >= 0.6 is 22.9 Å². The number of nitrogens with zero attached hydrogens (tertiary/aromatic N) is 3. The van der Waals surface area contributed by atoms with Crippen LogP contribution < -0.4 is 0 Å². The van der Waals surface area contributed by atoms with Crippen LogP contribution in [0, 0.1) is 6.92 Å². The van der Waals surface area contributed by atoms with E-state index in [0.717, 1.165) is 33.8 Å². The molecule has 0 saturated heterocycles. The first-order chi connectivity index (χ1) is 11.0. The van der Waals surface area contributed by atoms with Crippen LogP contribution in [0.25, 0.3) is 11.0 Å². The normalized spacial score (nSPS) is 11.1. The molecule has 2 aromatic heterocycles. The van der Waals surface area contributed by atoms with Gasteiger partial charge in [-0.1, -0.05) is 11.6 Å². The Morgan fingerprint density at radius 2 is 2.17 bits per heavy atom. The van der Waals surface area contributed by atoms with Gasteiger partial charge in [-0.25, -0.2) is 4.98 Å². The molecule has 0 aliphatic carbocycles. The van der Waals surface area contributed by atoms with E-state index in [4.69, 9.17) is 11.6 Å². The maximum atomic E-state index is 12.6. The number of hydrogen-bond donors (Lipinski definition) is 0. The Morgan fingerprint density at radius 1 is 1.39 bits per heavy atom.